The molecule has 0 radical (unpaired) electrons. The van der Waals surface area contributed by atoms with Crippen LogP contribution >= 0.6 is 115 Å². The van der Waals surface area contributed by atoms with Crippen LogP contribution in [0.1, 0.15) is 0 Å². The van der Waals surface area contributed by atoms with E-state index in [-0.39, 0.29) is 0 Å². The van der Waals surface area contributed by atoms with Crippen LogP contribution in [0.4, 0.5) is 0 Å². The van der Waals surface area contributed by atoms with Gasteiger partial charge in [0.2, 0.25) is 0 Å². The third-order valence-corrected chi connectivity index (χ3v) is 12.5. The molecule has 0 fully saturated rings. The standard InChI is InChI=1S/C2HBrI4S/c3-8-1(4)2(5,6)7/h1H. The van der Waals surface area contributed by atoms with E-state index < -0.39 is 0 Å². The van der Waals surface area contributed by atoms with Gasteiger partial charge in [0.1, 0.15) is 2.69 Å². The third-order valence-electron chi connectivity index (χ3n) is 0.336. The second-order valence-corrected chi connectivity index (χ2v) is 16.1. The Morgan fingerprint density at radius 1 is 1.38 bits per heavy atom. The second kappa shape index (κ2) is 5.41. The minimum atomic E-state index is 0.321. The average Bonchev–Trinajstić information content (AvgIpc) is 1.62. The molecule has 0 aromatic heterocycles. The van der Waals surface area contributed by atoms with Gasteiger partial charge in [-0.1, -0.05) is 101 Å². The number of hydrogen-bond acceptors (Lipinski definition) is 1. The highest BCUT2D eigenvalue weighted by Crippen LogP contribution is 2.49. The summed E-state index contributed by atoms with van der Waals surface area (Å²) in [5, 5.41) is 0. The van der Waals surface area contributed by atoms with E-state index in [0.717, 1.165) is 0 Å². The van der Waals surface area contributed by atoms with Gasteiger partial charge in [0.25, 0.3) is 0 Å². The molecule has 0 rings (SSSR count). The number of halogens is 5. The van der Waals surface area contributed by atoms with Crippen molar-refractivity contribution in [3.63, 3.8) is 0 Å². The van der Waals surface area contributed by atoms with Crippen molar-refractivity contribution < 1.29 is 0 Å². The molecule has 0 bridgehead atoms. The Hall–Kier alpha value is 3.75. The Morgan fingerprint density at radius 3 is 1.75 bits per heavy atom. The summed E-state index contributed by atoms with van der Waals surface area (Å²) in [5.41, 5.74) is 0. The predicted octanol–water partition coefficient (Wildman–Crippen LogP) is 4.75. The van der Waals surface area contributed by atoms with Crippen molar-refractivity contribution in [2.45, 2.75) is 2.69 Å². The molecule has 0 saturated heterocycles. The zero-order valence-corrected chi connectivity index (χ0v) is 14.4. The molecule has 0 spiro atoms. The van der Waals surface area contributed by atoms with E-state index in [0.29, 0.717) is 2.69 Å². The molecule has 0 aromatic rings. The molecule has 0 amide bonds. The lowest BCUT2D eigenvalue weighted by Gasteiger charge is -2.15. The number of rotatable bonds is 2. The van der Waals surface area contributed by atoms with Gasteiger partial charge < -0.3 is 0 Å². The fraction of sp³-hybridized carbons (Fsp3) is 1.00. The molecule has 1 unspecified atom stereocenters. The lowest BCUT2D eigenvalue weighted by atomic mass is 11.0. The van der Waals surface area contributed by atoms with Crippen LogP contribution in [0, 0.1) is 0 Å². The molecule has 0 aliphatic rings. The first kappa shape index (κ1) is 11.8. The van der Waals surface area contributed by atoms with Crippen molar-refractivity contribution in [3.8, 4) is 0 Å². The first-order valence-corrected chi connectivity index (χ1v) is 8.67. The third kappa shape index (κ3) is 5.41. The van der Waals surface area contributed by atoms with Crippen LogP contribution < -0.4 is 0 Å². The first-order valence-electron chi connectivity index (χ1n) is 1.46. The molecular weight excluding hydrogens is 644 g/mol. The molecule has 0 saturated carbocycles. The maximum absolute atomic E-state index is 3.35. The van der Waals surface area contributed by atoms with Crippen molar-refractivity contribution in [1.82, 2.24) is 0 Å². The van der Waals surface area contributed by atoms with Crippen LogP contribution in [-0.2, 0) is 0 Å². The first-order chi connectivity index (χ1) is 3.48. The topological polar surface area (TPSA) is 0 Å². The van der Waals surface area contributed by atoms with Gasteiger partial charge in [0.15, 0.2) is 0 Å². The summed E-state index contributed by atoms with van der Waals surface area (Å²) in [6.45, 7) is 0. The van der Waals surface area contributed by atoms with Crippen molar-refractivity contribution in [2.75, 3.05) is 0 Å². The summed E-state index contributed by atoms with van der Waals surface area (Å²) in [6, 6.07) is 0. The summed E-state index contributed by atoms with van der Waals surface area (Å²) in [5.74, 6) is 0. The van der Waals surface area contributed by atoms with Crippen molar-refractivity contribution in [1.29, 1.82) is 0 Å². The lowest BCUT2D eigenvalue weighted by molar-refractivity contribution is 1.49. The second-order valence-electron chi connectivity index (χ2n) is 0.947. The van der Waals surface area contributed by atoms with Crippen molar-refractivity contribution >= 4 is 115 Å². The van der Waals surface area contributed by atoms with Crippen LogP contribution in [-0.4, -0.2) is 2.69 Å². The van der Waals surface area contributed by atoms with Gasteiger partial charge in [-0.3, -0.25) is 0 Å². The van der Waals surface area contributed by atoms with Gasteiger partial charge in [0, 0.05) is 0 Å². The maximum atomic E-state index is 3.35. The largest absolute Gasteiger partial charge is 0.145 e. The minimum Gasteiger partial charge on any atom is -0.0665 e. The van der Waals surface area contributed by atoms with Gasteiger partial charge in [-0.2, -0.15) is 0 Å². The Bertz CT molecular complexity index is 70.9. The van der Waals surface area contributed by atoms with Gasteiger partial charge in [-0.15, -0.1) is 0 Å². The molecule has 1 atom stereocenters. The van der Waals surface area contributed by atoms with Crippen LogP contribution in [0.3, 0.4) is 0 Å². The zero-order chi connectivity index (χ0) is 6.78. The molecule has 0 aliphatic heterocycles. The minimum absolute atomic E-state index is 0.321. The molecule has 0 aromatic carbocycles. The number of alkyl halides is 4. The molecule has 50 valence electrons. The van der Waals surface area contributed by atoms with Gasteiger partial charge in [-0.05, 0) is 14.8 Å². The lowest BCUT2D eigenvalue weighted by Crippen LogP contribution is -2.09. The summed E-state index contributed by atoms with van der Waals surface area (Å²) in [7, 11) is 1.71. The number of hydrogen-bond donors (Lipinski definition) is 0. The smallest absolute Gasteiger partial charge is 0.0665 e. The Kier molecular flexibility index (Phi) is 7.94. The average molecular weight is 645 g/mol. The predicted molar refractivity (Wildman–Crippen MR) is 79.1 cm³/mol. The summed E-state index contributed by atoms with van der Waals surface area (Å²) < 4.78 is 0.934. The van der Waals surface area contributed by atoms with E-state index in [1.165, 1.54) is 0 Å². The summed E-state index contributed by atoms with van der Waals surface area (Å²) in [6.07, 6.45) is 0. The van der Waals surface area contributed by atoms with Gasteiger partial charge >= 0.3 is 0 Å². The van der Waals surface area contributed by atoms with Crippen molar-refractivity contribution in [2.24, 2.45) is 0 Å². The highest BCUT2D eigenvalue weighted by molar-refractivity contribution is 14.3. The van der Waals surface area contributed by atoms with Gasteiger partial charge in [0.05, 0.1) is 0 Å². The van der Waals surface area contributed by atoms with E-state index in [1.54, 1.807) is 10.2 Å². The molecule has 0 N–H and O–H groups in total. The Morgan fingerprint density at radius 2 is 1.75 bits per heavy atom. The van der Waals surface area contributed by atoms with E-state index in [1.807, 2.05) is 0 Å². The monoisotopic (exact) mass is 644 g/mol. The molecular formula is C2HBrI4S. The van der Waals surface area contributed by atoms with E-state index in [4.69, 9.17) is 0 Å². The Labute approximate surface area is 115 Å². The molecule has 0 aliphatic carbocycles. The SMILES string of the molecule is BrSC(I)C(I)(I)I. The van der Waals surface area contributed by atoms with Crippen molar-refractivity contribution in [3.05, 3.63) is 0 Å². The molecule has 0 nitrogen and oxygen atoms in total. The van der Waals surface area contributed by atoms with Crippen LogP contribution in [0.2, 0.25) is 0 Å². The molecule has 6 heteroatoms. The van der Waals surface area contributed by atoms with E-state index in [2.05, 4.69) is 105 Å². The highest BCUT2D eigenvalue weighted by Gasteiger charge is 2.27. The fourth-order valence-corrected chi connectivity index (χ4v) is 5.28. The molecule has 0 heterocycles. The van der Waals surface area contributed by atoms with Gasteiger partial charge in [-0.25, -0.2) is 0 Å². The Balaban J connectivity index is 3.62. The zero-order valence-electron chi connectivity index (χ0n) is 3.38. The quantitative estimate of drug-likeness (QED) is 0.309. The van der Waals surface area contributed by atoms with Crippen LogP contribution in [0.15, 0.2) is 0 Å². The fourth-order valence-electron chi connectivity index (χ4n) is 0.0505. The summed E-state index contributed by atoms with van der Waals surface area (Å²) >= 11 is 13.0. The van der Waals surface area contributed by atoms with Crippen LogP contribution in [0.5, 0.6) is 0 Å². The van der Waals surface area contributed by atoms with E-state index >= 15 is 0 Å². The van der Waals surface area contributed by atoms with Crippen LogP contribution in [0.25, 0.3) is 0 Å². The summed E-state index contributed by atoms with van der Waals surface area (Å²) in [4.78, 5) is 0. The maximum Gasteiger partial charge on any atom is 0.145 e. The highest BCUT2D eigenvalue weighted by atomic mass is 127. The molecule has 8 heavy (non-hydrogen) atoms. The van der Waals surface area contributed by atoms with E-state index in [9.17, 15) is 0 Å². The normalized spacial score (nSPS) is 16.1.